The molecule has 0 aliphatic heterocycles. The first kappa shape index (κ1) is 18.1. The lowest BCUT2D eigenvalue weighted by atomic mass is 10.2. The molecule has 1 atom stereocenters. The van der Waals surface area contributed by atoms with E-state index in [-0.39, 0.29) is 11.5 Å². The third kappa shape index (κ3) is 4.63. The van der Waals surface area contributed by atoms with E-state index in [1.54, 1.807) is 12.1 Å². The SMILES string of the molecule is CC[C@@H](Nc1cnc(C(N)=O)c(Nc2cc(C)nc(C)c2)n1)C(N)=O. The number of aromatic nitrogens is 3. The van der Waals surface area contributed by atoms with E-state index in [1.807, 2.05) is 20.8 Å². The number of hydrogen-bond acceptors (Lipinski definition) is 7. The van der Waals surface area contributed by atoms with Gasteiger partial charge in [-0.1, -0.05) is 6.92 Å². The van der Waals surface area contributed by atoms with Gasteiger partial charge in [0.2, 0.25) is 5.91 Å². The van der Waals surface area contributed by atoms with Crippen molar-refractivity contribution in [2.75, 3.05) is 10.6 Å². The summed E-state index contributed by atoms with van der Waals surface area (Å²) in [6.45, 7) is 5.53. The maximum atomic E-state index is 11.6. The van der Waals surface area contributed by atoms with Gasteiger partial charge in [0.05, 0.1) is 6.20 Å². The standard InChI is InChI=1S/C16H21N7O2/c1-4-11(14(17)24)22-12-7-19-13(15(18)25)16(23-12)21-10-5-8(2)20-9(3)6-10/h5-7,11H,4H2,1-3H3,(H2,17,24)(H2,18,25)(H2,20,21,22,23)/t11-/m1/s1. The molecule has 2 aromatic rings. The summed E-state index contributed by atoms with van der Waals surface area (Å²) in [7, 11) is 0. The van der Waals surface area contributed by atoms with Gasteiger partial charge in [-0.25, -0.2) is 9.97 Å². The van der Waals surface area contributed by atoms with Crippen LogP contribution in [0.4, 0.5) is 17.3 Å². The van der Waals surface area contributed by atoms with Gasteiger partial charge in [-0.05, 0) is 32.4 Å². The predicted molar refractivity (Wildman–Crippen MR) is 94.4 cm³/mol. The highest BCUT2D eigenvalue weighted by Gasteiger charge is 2.17. The molecule has 6 N–H and O–H groups in total. The van der Waals surface area contributed by atoms with Crippen molar-refractivity contribution >= 4 is 29.1 Å². The number of carbonyl (C=O) groups is 2. The number of nitrogens with zero attached hydrogens (tertiary/aromatic N) is 3. The molecule has 25 heavy (non-hydrogen) atoms. The fourth-order valence-electron chi connectivity index (χ4n) is 2.32. The lowest BCUT2D eigenvalue weighted by Crippen LogP contribution is -2.35. The monoisotopic (exact) mass is 343 g/mol. The summed E-state index contributed by atoms with van der Waals surface area (Å²) in [5, 5.41) is 5.92. The van der Waals surface area contributed by atoms with Gasteiger partial charge in [-0.3, -0.25) is 14.6 Å². The molecule has 0 fully saturated rings. The average molecular weight is 343 g/mol. The number of amides is 2. The number of hydrogen-bond donors (Lipinski definition) is 4. The zero-order valence-electron chi connectivity index (χ0n) is 14.3. The summed E-state index contributed by atoms with van der Waals surface area (Å²) in [6.07, 6.45) is 1.82. The van der Waals surface area contributed by atoms with Crippen LogP contribution in [-0.4, -0.2) is 32.8 Å². The fraction of sp³-hybridized carbons (Fsp3) is 0.312. The molecule has 2 heterocycles. The Kier molecular flexibility index (Phi) is 5.48. The Bertz CT molecular complexity index is 787. The van der Waals surface area contributed by atoms with Crippen LogP contribution >= 0.6 is 0 Å². The van der Waals surface area contributed by atoms with Crippen LogP contribution in [0.3, 0.4) is 0 Å². The predicted octanol–water partition coefficient (Wildman–Crippen LogP) is 1.01. The van der Waals surface area contributed by atoms with Gasteiger partial charge in [0.15, 0.2) is 11.5 Å². The summed E-state index contributed by atoms with van der Waals surface area (Å²) in [4.78, 5) is 35.6. The Labute approximate surface area is 145 Å². The fourth-order valence-corrected chi connectivity index (χ4v) is 2.32. The maximum absolute atomic E-state index is 11.6. The molecule has 0 saturated heterocycles. The zero-order chi connectivity index (χ0) is 18.6. The van der Waals surface area contributed by atoms with Crippen molar-refractivity contribution in [3.63, 3.8) is 0 Å². The average Bonchev–Trinajstić information content (AvgIpc) is 2.51. The lowest BCUT2D eigenvalue weighted by molar-refractivity contribution is -0.118. The Morgan fingerprint density at radius 3 is 2.32 bits per heavy atom. The van der Waals surface area contributed by atoms with Crippen molar-refractivity contribution < 1.29 is 9.59 Å². The second kappa shape index (κ2) is 7.56. The van der Waals surface area contributed by atoms with Crippen LogP contribution in [-0.2, 0) is 4.79 Å². The molecule has 2 aromatic heterocycles. The van der Waals surface area contributed by atoms with E-state index in [0.29, 0.717) is 17.9 Å². The van der Waals surface area contributed by atoms with Crippen LogP contribution in [0.2, 0.25) is 0 Å². The van der Waals surface area contributed by atoms with Gasteiger partial charge >= 0.3 is 0 Å². The quantitative estimate of drug-likeness (QED) is 0.586. The minimum Gasteiger partial charge on any atom is -0.368 e. The molecule has 2 rings (SSSR count). The van der Waals surface area contributed by atoms with Crippen LogP contribution in [0, 0.1) is 13.8 Å². The van der Waals surface area contributed by atoms with Crippen molar-refractivity contribution in [3.8, 4) is 0 Å². The molecule has 132 valence electrons. The first-order valence-electron chi connectivity index (χ1n) is 7.75. The Morgan fingerprint density at radius 1 is 1.16 bits per heavy atom. The minimum atomic E-state index is -0.717. The van der Waals surface area contributed by atoms with Gasteiger partial charge in [-0.15, -0.1) is 0 Å². The highest BCUT2D eigenvalue weighted by atomic mass is 16.1. The molecular formula is C16H21N7O2. The van der Waals surface area contributed by atoms with Crippen LogP contribution < -0.4 is 22.1 Å². The van der Waals surface area contributed by atoms with Crippen LogP contribution in [0.15, 0.2) is 18.3 Å². The highest BCUT2D eigenvalue weighted by molar-refractivity contribution is 5.96. The van der Waals surface area contributed by atoms with E-state index in [2.05, 4.69) is 25.6 Å². The third-order valence-electron chi connectivity index (χ3n) is 3.42. The van der Waals surface area contributed by atoms with E-state index in [4.69, 9.17) is 11.5 Å². The van der Waals surface area contributed by atoms with Gasteiger partial charge in [0, 0.05) is 17.1 Å². The molecule has 0 saturated carbocycles. The second-order valence-electron chi connectivity index (χ2n) is 5.59. The number of aryl methyl sites for hydroxylation is 2. The molecular weight excluding hydrogens is 322 g/mol. The van der Waals surface area contributed by atoms with Gasteiger partial charge in [-0.2, -0.15) is 0 Å². The summed E-state index contributed by atoms with van der Waals surface area (Å²) in [5.41, 5.74) is 13.0. The highest BCUT2D eigenvalue weighted by Crippen LogP contribution is 2.21. The van der Waals surface area contributed by atoms with E-state index in [9.17, 15) is 9.59 Å². The van der Waals surface area contributed by atoms with Crippen molar-refractivity contribution in [1.29, 1.82) is 0 Å². The van der Waals surface area contributed by atoms with Gasteiger partial charge in [0.25, 0.3) is 5.91 Å². The molecule has 0 aromatic carbocycles. The molecule has 9 nitrogen and oxygen atoms in total. The van der Waals surface area contributed by atoms with Crippen LogP contribution in [0.25, 0.3) is 0 Å². The largest absolute Gasteiger partial charge is 0.368 e. The maximum Gasteiger partial charge on any atom is 0.271 e. The summed E-state index contributed by atoms with van der Waals surface area (Å²) < 4.78 is 0. The number of primary amides is 2. The van der Waals surface area contributed by atoms with E-state index in [1.165, 1.54) is 6.20 Å². The number of nitrogens with two attached hydrogens (primary N) is 2. The Morgan fingerprint density at radius 2 is 1.80 bits per heavy atom. The van der Waals surface area contributed by atoms with Gasteiger partial charge in [0.1, 0.15) is 11.9 Å². The third-order valence-corrected chi connectivity index (χ3v) is 3.42. The zero-order valence-corrected chi connectivity index (χ0v) is 14.3. The lowest BCUT2D eigenvalue weighted by Gasteiger charge is -2.16. The van der Waals surface area contributed by atoms with Crippen LogP contribution in [0.5, 0.6) is 0 Å². The molecule has 0 unspecified atom stereocenters. The number of rotatable bonds is 7. The summed E-state index contributed by atoms with van der Waals surface area (Å²) in [6, 6.07) is 3.02. The number of carbonyl (C=O) groups excluding carboxylic acids is 2. The van der Waals surface area contributed by atoms with Crippen molar-refractivity contribution in [2.24, 2.45) is 11.5 Å². The first-order valence-corrected chi connectivity index (χ1v) is 7.75. The Hall–Kier alpha value is -3.23. The minimum absolute atomic E-state index is 0.00945. The number of pyridine rings is 1. The summed E-state index contributed by atoms with van der Waals surface area (Å²) in [5.74, 6) is -0.730. The van der Waals surface area contributed by atoms with Gasteiger partial charge < -0.3 is 22.1 Å². The number of anilines is 3. The molecule has 9 heteroatoms. The smallest absolute Gasteiger partial charge is 0.271 e. The molecule has 2 amide bonds. The second-order valence-corrected chi connectivity index (χ2v) is 5.59. The number of nitrogens with one attached hydrogen (secondary N) is 2. The van der Waals surface area contributed by atoms with E-state index >= 15 is 0 Å². The Balaban J connectivity index is 2.37. The summed E-state index contributed by atoms with van der Waals surface area (Å²) >= 11 is 0. The molecule has 0 bridgehead atoms. The normalized spacial score (nSPS) is 11.6. The van der Waals surface area contributed by atoms with E-state index in [0.717, 1.165) is 11.4 Å². The molecule has 0 radical (unpaired) electrons. The van der Waals surface area contributed by atoms with Crippen molar-refractivity contribution in [1.82, 2.24) is 15.0 Å². The van der Waals surface area contributed by atoms with Crippen molar-refractivity contribution in [2.45, 2.75) is 33.2 Å². The first-order chi connectivity index (χ1) is 11.8. The molecule has 0 aliphatic rings. The topological polar surface area (TPSA) is 149 Å². The molecule has 0 spiro atoms. The van der Waals surface area contributed by atoms with E-state index < -0.39 is 17.9 Å². The van der Waals surface area contributed by atoms with Crippen molar-refractivity contribution in [3.05, 3.63) is 35.4 Å². The molecule has 0 aliphatic carbocycles. The van der Waals surface area contributed by atoms with Crippen LogP contribution in [0.1, 0.15) is 35.2 Å².